The van der Waals surface area contributed by atoms with Crippen LogP contribution in [-0.2, 0) is 6.42 Å². The second kappa shape index (κ2) is 7.98. The van der Waals surface area contributed by atoms with E-state index in [-0.39, 0.29) is 40.6 Å². The molecule has 0 saturated heterocycles. The van der Waals surface area contributed by atoms with Gasteiger partial charge in [-0.3, -0.25) is 9.20 Å². The average Bonchev–Trinajstić information content (AvgIpc) is 3.62. The molecule has 1 aliphatic carbocycles. The SMILES string of the molecule is C[C@@H]1c2ccccc2CCN1C(=O)c1cc(C2CC2)n2c(F)c(-c3ccc(Br)cc3F)nc2n1. The van der Waals surface area contributed by atoms with E-state index in [0.29, 0.717) is 16.7 Å². The van der Waals surface area contributed by atoms with Crippen LogP contribution in [0.5, 0.6) is 0 Å². The van der Waals surface area contributed by atoms with Crippen molar-refractivity contribution in [2.45, 2.75) is 38.1 Å². The van der Waals surface area contributed by atoms with Gasteiger partial charge in [0.2, 0.25) is 11.7 Å². The molecule has 1 aliphatic heterocycles. The van der Waals surface area contributed by atoms with E-state index in [1.807, 2.05) is 24.0 Å². The number of carbonyl (C=O) groups is 1. The smallest absolute Gasteiger partial charge is 0.273 e. The third kappa shape index (κ3) is 3.43. The minimum absolute atomic E-state index is 0.0575. The number of hydrogen-bond donors (Lipinski definition) is 0. The molecule has 4 aromatic rings. The highest BCUT2D eigenvalue weighted by Crippen LogP contribution is 2.42. The Morgan fingerprint density at radius 3 is 2.65 bits per heavy atom. The number of rotatable bonds is 3. The second-order valence-corrected chi connectivity index (χ2v) is 9.89. The van der Waals surface area contributed by atoms with Gasteiger partial charge in [0.1, 0.15) is 17.2 Å². The molecule has 5 nitrogen and oxygen atoms in total. The quantitative estimate of drug-likeness (QED) is 0.328. The van der Waals surface area contributed by atoms with E-state index >= 15 is 4.39 Å². The van der Waals surface area contributed by atoms with E-state index in [0.717, 1.165) is 24.8 Å². The average molecular weight is 523 g/mol. The van der Waals surface area contributed by atoms with Crippen molar-refractivity contribution in [2.75, 3.05) is 6.54 Å². The van der Waals surface area contributed by atoms with Gasteiger partial charge in [-0.2, -0.15) is 4.39 Å². The topological polar surface area (TPSA) is 50.5 Å². The Morgan fingerprint density at radius 2 is 1.88 bits per heavy atom. The zero-order valence-electron chi connectivity index (χ0n) is 18.4. The molecule has 0 unspecified atom stereocenters. The van der Waals surface area contributed by atoms with Gasteiger partial charge in [0.25, 0.3) is 5.91 Å². The summed E-state index contributed by atoms with van der Waals surface area (Å²) < 4.78 is 32.0. The lowest BCUT2D eigenvalue weighted by molar-refractivity contribution is 0.0671. The van der Waals surface area contributed by atoms with E-state index in [1.54, 1.807) is 12.1 Å². The molecule has 1 atom stereocenters. The highest BCUT2D eigenvalue weighted by Gasteiger charge is 2.33. The van der Waals surface area contributed by atoms with Crippen molar-refractivity contribution in [1.29, 1.82) is 0 Å². The molecule has 1 saturated carbocycles. The maximum atomic E-state index is 15.5. The van der Waals surface area contributed by atoms with Crippen LogP contribution in [0.15, 0.2) is 53.0 Å². The van der Waals surface area contributed by atoms with Crippen LogP contribution in [0.1, 0.15) is 59.0 Å². The summed E-state index contributed by atoms with van der Waals surface area (Å²) >= 11 is 3.23. The normalized spacial score (nSPS) is 17.8. The fraction of sp³-hybridized carbons (Fsp3) is 0.269. The number of halogens is 3. The Kier molecular flexibility index (Phi) is 5.02. The van der Waals surface area contributed by atoms with Gasteiger partial charge in [-0.1, -0.05) is 40.2 Å². The van der Waals surface area contributed by atoms with Crippen LogP contribution in [0.3, 0.4) is 0 Å². The number of aromatic nitrogens is 3. The number of hydrogen-bond acceptors (Lipinski definition) is 3. The summed E-state index contributed by atoms with van der Waals surface area (Å²) in [4.78, 5) is 24.2. The number of nitrogens with zero attached hydrogens (tertiary/aromatic N) is 4. The van der Waals surface area contributed by atoms with Gasteiger partial charge in [-0.25, -0.2) is 14.4 Å². The summed E-state index contributed by atoms with van der Waals surface area (Å²) in [6, 6.07) is 14.1. The standard InChI is InChI=1S/C26H21BrF2N4O/c1-14-18-5-3-2-4-15(18)10-11-32(14)25(34)21-13-22(16-6-7-16)33-24(29)23(31-26(33)30-21)19-9-8-17(27)12-20(19)28/h2-5,8-9,12-14,16H,6-7,10-11H2,1H3/t14-/m1/s1. The summed E-state index contributed by atoms with van der Waals surface area (Å²) in [5, 5.41) is 0. The fourth-order valence-electron chi connectivity index (χ4n) is 4.88. The van der Waals surface area contributed by atoms with Crippen molar-refractivity contribution in [3.8, 4) is 11.3 Å². The first-order valence-electron chi connectivity index (χ1n) is 11.4. The largest absolute Gasteiger partial charge is 0.330 e. The van der Waals surface area contributed by atoms with Crippen molar-refractivity contribution >= 4 is 27.6 Å². The summed E-state index contributed by atoms with van der Waals surface area (Å²) in [5.41, 5.74) is 3.23. The summed E-state index contributed by atoms with van der Waals surface area (Å²) in [7, 11) is 0. The van der Waals surface area contributed by atoms with Crippen molar-refractivity contribution in [1.82, 2.24) is 19.3 Å². The molecule has 3 heterocycles. The third-order valence-corrected chi connectivity index (χ3v) is 7.32. The van der Waals surface area contributed by atoms with Gasteiger partial charge in [0.15, 0.2) is 0 Å². The van der Waals surface area contributed by atoms with E-state index in [1.165, 1.54) is 22.1 Å². The highest BCUT2D eigenvalue weighted by molar-refractivity contribution is 9.10. The zero-order chi connectivity index (χ0) is 23.6. The number of imidazole rings is 1. The molecule has 0 radical (unpaired) electrons. The van der Waals surface area contributed by atoms with Crippen LogP contribution < -0.4 is 0 Å². The highest BCUT2D eigenvalue weighted by atomic mass is 79.9. The van der Waals surface area contributed by atoms with Crippen LogP contribution in [0.2, 0.25) is 0 Å². The minimum atomic E-state index is -0.662. The maximum absolute atomic E-state index is 15.5. The van der Waals surface area contributed by atoms with Crippen LogP contribution in [0.4, 0.5) is 8.78 Å². The monoisotopic (exact) mass is 522 g/mol. The Hall–Kier alpha value is -3.13. The molecule has 34 heavy (non-hydrogen) atoms. The molecule has 0 N–H and O–H groups in total. The van der Waals surface area contributed by atoms with E-state index in [9.17, 15) is 9.18 Å². The second-order valence-electron chi connectivity index (χ2n) is 8.97. The van der Waals surface area contributed by atoms with Crippen molar-refractivity contribution in [3.05, 3.63) is 87.3 Å². The van der Waals surface area contributed by atoms with Gasteiger partial charge >= 0.3 is 0 Å². The Morgan fingerprint density at radius 1 is 1.09 bits per heavy atom. The van der Waals surface area contributed by atoms with Crippen LogP contribution in [-0.4, -0.2) is 31.7 Å². The van der Waals surface area contributed by atoms with Gasteiger partial charge in [0.05, 0.1) is 6.04 Å². The van der Waals surface area contributed by atoms with Crippen LogP contribution >= 0.6 is 15.9 Å². The van der Waals surface area contributed by atoms with Gasteiger partial charge in [-0.15, -0.1) is 0 Å². The molecule has 6 rings (SSSR count). The minimum Gasteiger partial charge on any atom is -0.330 e. The molecule has 8 heteroatoms. The van der Waals surface area contributed by atoms with E-state index in [4.69, 9.17) is 0 Å². The lowest BCUT2D eigenvalue weighted by atomic mass is 9.93. The molecule has 0 bridgehead atoms. The Balaban J connectivity index is 1.45. The predicted molar refractivity (Wildman–Crippen MR) is 128 cm³/mol. The molecule has 2 aliphatic rings. The van der Waals surface area contributed by atoms with Crippen LogP contribution in [0, 0.1) is 11.8 Å². The first-order chi connectivity index (χ1) is 16.4. The zero-order valence-corrected chi connectivity index (χ0v) is 20.0. The molecule has 1 amide bonds. The summed E-state index contributed by atoms with van der Waals surface area (Å²) in [6.45, 7) is 2.60. The first kappa shape index (κ1) is 21.4. The predicted octanol–water partition coefficient (Wildman–Crippen LogP) is 6.07. The molecule has 1 fully saturated rings. The van der Waals surface area contributed by atoms with Crippen molar-refractivity contribution in [2.24, 2.45) is 0 Å². The number of fused-ring (bicyclic) bond motifs is 2. The lowest BCUT2D eigenvalue weighted by Crippen LogP contribution is -2.39. The summed E-state index contributed by atoms with van der Waals surface area (Å²) in [6.07, 6.45) is 2.58. The van der Waals surface area contributed by atoms with Gasteiger partial charge in [-0.05, 0) is 67.5 Å². The maximum Gasteiger partial charge on any atom is 0.273 e. The van der Waals surface area contributed by atoms with Gasteiger partial charge < -0.3 is 4.90 Å². The molecular formula is C26H21BrF2N4O. The van der Waals surface area contributed by atoms with E-state index in [2.05, 4.69) is 38.0 Å². The Bertz CT molecular complexity index is 1460. The van der Waals surface area contributed by atoms with Crippen LogP contribution in [0.25, 0.3) is 17.0 Å². The number of carbonyl (C=O) groups excluding carboxylic acids is 1. The van der Waals surface area contributed by atoms with E-state index < -0.39 is 11.8 Å². The summed E-state index contributed by atoms with van der Waals surface area (Å²) in [5.74, 6) is -1.24. The van der Waals surface area contributed by atoms with Gasteiger partial charge in [0, 0.05) is 22.3 Å². The van der Waals surface area contributed by atoms with Crippen molar-refractivity contribution in [3.63, 3.8) is 0 Å². The third-order valence-electron chi connectivity index (χ3n) is 6.82. The fourth-order valence-corrected chi connectivity index (χ4v) is 5.21. The molecule has 172 valence electrons. The first-order valence-corrected chi connectivity index (χ1v) is 12.1. The molecular weight excluding hydrogens is 502 g/mol. The lowest BCUT2D eigenvalue weighted by Gasteiger charge is -2.35. The Labute approximate surface area is 203 Å². The molecule has 2 aromatic heterocycles. The number of amides is 1. The van der Waals surface area contributed by atoms with Crippen molar-refractivity contribution < 1.29 is 13.6 Å². The molecule has 0 spiro atoms. The number of benzene rings is 2. The molecule has 2 aromatic carbocycles.